The first-order chi connectivity index (χ1) is 8.46. The molecule has 0 saturated heterocycles. The summed E-state index contributed by atoms with van der Waals surface area (Å²) in [6.45, 7) is 0. The van der Waals surface area contributed by atoms with Crippen LogP contribution in [-0.2, 0) is 9.53 Å². The van der Waals surface area contributed by atoms with Crippen LogP contribution in [0.5, 0.6) is 0 Å². The van der Waals surface area contributed by atoms with Crippen molar-refractivity contribution in [1.82, 2.24) is 4.98 Å². The molecule has 1 aromatic rings. The van der Waals surface area contributed by atoms with Crippen molar-refractivity contribution >= 4 is 22.4 Å². The number of aromatic nitrogens is 1. The fraction of sp³-hybridized carbons (Fsp3) is 0.429. The van der Waals surface area contributed by atoms with Gasteiger partial charge in [0.15, 0.2) is 5.13 Å². The van der Waals surface area contributed by atoms with Crippen LogP contribution in [0.3, 0.4) is 0 Å². The molecule has 0 fully saturated rings. The van der Waals surface area contributed by atoms with E-state index in [1.165, 1.54) is 10.7 Å². The Morgan fingerprint density at radius 3 is 2.21 bits per heavy atom. The second-order valence-corrected chi connectivity index (χ2v) is 3.82. The van der Waals surface area contributed by atoms with E-state index >= 15 is 0 Å². The molecule has 1 heterocycles. The summed E-state index contributed by atoms with van der Waals surface area (Å²) in [5.74, 6) is -8.40. The number of anilines is 1. The second-order valence-electron chi connectivity index (χ2n) is 2.93. The van der Waals surface area contributed by atoms with Gasteiger partial charge in [-0.05, 0) is 0 Å². The van der Waals surface area contributed by atoms with Crippen molar-refractivity contribution in [3.8, 4) is 0 Å². The minimum absolute atomic E-state index is 0.479. The van der Waals surface area contributed by atoms with E-state index in [0.29, 0.717) is 11.3 Å². The summed E-state index contributed by atoms with van der Waals surface area (Å²) >= 11 is 0.607. The number of rotatable bonds is 4. The lowest BCUT2D eigenvalue weighted by atomic mass is 10.3. The predicted molar refractivity (Wildman–Crippen MR) is 47.8 cm³/mol. The number of thiazole rings is 1. The van der Waals surface area contributed by atoms with Crippen molar-refractivity contribution in [2.45, 2.75) is 18.4 Å². The maximum atomic E-state index is 12.9. The minimum Gasteiger partial charge on any atom is -0.296 e. The highest BCUT2D eigenvalue weighted by Crippen LogP contribution is 2.40. The summed E-state index contributed by atoms with van der Waals surface area (Å²) in [6.07, 6.45) is -11.0. The number of amides is 1. The van der Waals surface area contributed by atoms with E-state index in [9.17, 15) is 35.5 Å². The average molecular weight is 312 g/mol. The van der Waals surface area contributed by atoms with E-state index < -0.39 is 29.4 Å². The standard InChI is InChI=1S/C7H3F7N2O2S/c8-5(9,6(10,11)18-7(12,13)14)3(17)16-4-15-1-2-19-4/h1-2H,(H,15,16,17). The number of alkyl halides is 7. The third-order valence-corrected chi connectivity index (χ3v) is 2.24. The highest BCUT2D eigenvalue weighted by Gasteiger charge is 2.67. The summed E-state index contributed by atoms with van der Waals surface area (Å²) in [4.78, 5) is 14.1. The SMILES string of the molecule is O=C(Nc1nccs1)C(F)(F)C(F)(F)OC(F)(F)F. The monoisotopic (exact) mass is 312 g/mol. The molecule has 0 saturated carbocycles. The first kappa shape index (κ1) is 15.6. The Hall–Kier alpha value is -1.43. The topological polar surface area (TPSA) is 51.2 Å². The van der Waals surface area contributed by atoms with Gasteiger partial charge in [-0.15, -0.1) is 24.5 Å². The Morgan fingerprint density at radius 2 is 1.79 bits per heavy atom. The molecule has 0 bridgehead atoms. The van der Waals surface area contributed by atoms with E-state index in [1.54, 1.807) is 0 Å². The lowest BCUT2D eigenvalue weighted by Gasteiger charge is -2.25. The molecule has 0 spiro atoms. The quantitative estimate of drug-likeness (QED) is 0.870. The van der Waals surface area contributed by atoms with Gasteiger partial charge in [-0.1, -0.05) is 0 Å². The van der Waals surface area contributed by atoms with Crippen molar-refractivity contribution in [3.63, 3.8) is 0 Å². The van der Waals surface area contributed by atoms with E-state index in [1.807, 2.05) is 4.74 Å². The maximum Gasteiger partial charge on any atom is 0.527 e. The van der Waals surface area contributed by atoms with Crippen molar-refractivity contribution in [3.05, 3.63) is 11.6 Å². The van der Waals surface area contributed by atoms with Crippen LogP contribution in [0.15, 0.2) is 11.6 Å². The summed E-state index contributed by atoms with van der Waals surface area (Å²) in [5, 5.41) is 1.99. The van der Waals surface area contributed by atoms with Gasteiger partial charge in [0.05, 0.1) is 0 Å². The van der Waals surface area contributed by atoms with Crippen molar-refractivity contribution < 1.29 is 40.3 Å². The normalized spacial score (nSPS) is 13.4. The van der Waals surface area contributed by atoms with Crippen LogP contribution < -0.4 is 5.32 Å². The molecule has 0 aliphatic carbocycles. The summed E-state index contributed by atoms with van der Waals surface area (Å²) in [7, 11) is 0. The number of nitrogens with zero attached hydrogens (tertiary/aromatic N) is 1. The van der Waals surface area contributed by atoms with Gasteiger partial charge in [0, 0.05) is 11.6 Å². The van der Waals surface area contributed by atoms with Crippen LogP contribution in [0.2, 0.25) is 0 Å². The smallest absolute Gasteiger partial charge is 0.296 e. The van der Waals surface area contributed by atoms with Gasteiger partial charge in [-0.25, -0.2) is 9.72 Å². The minimum atomic E-state index is -6.05. The second kappa shape index (κ2) is 4.92. The number of halogens is 7. The van der Waals surface area contributed by atoms with Gasteiger partial charge in [0.2, 0.25) is 0 Å². The molecular formula is C7H3F7N2O2S. The zero-order valence-electron chi connectivity index (χ0n) is 8.47. The van der Waals surface area contributed by atoms with Gasteiger partial charge >= 0.3 is 24.3 Å². The Kier molecular flexibility index (Phi) is 4.05. The zero-order chi connectivity index (χ0) is 14.9. The van der Waals surface area contributed by atoms with Gasteiger partial charge in [0.1, 0.15) is 0 Å². The zero-order valence-corrected chi connectivity index (χ0v) is 9.29. The molecule has 12 heteroatoms. The van der Waals surface area contributed by atoms with Crippen LogP contribution in [0.4, 0.5) is 35.9 Å². The first-order valence-corrected chi connectivity index (χ1v) is 5.07. The Morgan fingerprint density at radius 1 is 1.21 bits per heavy atom. The van der Waals surface area contributed by atoms with Crippen molar-refractivity contribution in [1.29, 1.82) is 0 Å². The number of carbonyl (C=O) groups excluding carboxylic acids is 1. The van der Waals surface area contributed by atoms with Crippen molar-refractivity contribution in [2.75, 3.05) is 5.32 Å². The Balaban J connectivity index is 2.86. The van der Waals surface area contributed by atoms with Gasteiger partial charge < -0.3 is 0 Å². The first-order valence-electron chi connectivity index (χ1n) is 4.19. The Bertz CT molecular complexity index is 445. The van der Waals surface area contributed by atoms with E-state index in [2.05, 4.69) is 4.98 Å². The van der Waals surface area contributed by atoms with Crippen LogP contribution in [0.25, 0.3) is 0 Å². The van der Waals surface area contributed by atoms with Gasteiger partial charge in [0.25, 0.3) is 0 Å². The molecule has 0 atom stereocenters. The maximum absolute atomic E-state index is 12.9. The van der Waals surface area contributed by atoms with Crippen LogP contribution in [0.1, 0.15) is 0 Å². The fourth-order valence-electron chi connectivity index (χ4n) is 0.802. The largest absolute Gasteiger partial charge is 0.527 e. The lowest BCUT2D eigenvalue weighted by molar-refractivity contribution is -0.457. The number of carbonyl (C=O) groups is 1. The average Bonchev–Trinajstić information content (AvgIpc) is 2.66. The molecule has 0 aliphatic rings. The summed E-state index contributed by atoms with van der Waals surface area (Å²) < 4.78 is 87.6. The number of nitrogens with one attached hydrogen (secondary N) is 1. The van der Waals surface area contributed by atoms with Crippen molar-refractivity contribution in [2.24, 2.45) is 0 Å². The predicted octanol–water partition coefficient (Wildman–Crippen LogP) is 2.85. The number of hydrogen-bond acceptors (Lipinski definition) is 4. The molecule has 19 heavy (non-hydrogen) atoms. The Labute approximate surface area is 104 Å². The van der Waals surface area contributed by atoms with E-state index in [0.717, 1.165) is 6.20 Å². The van der Waals surface area contributed by atoms with Gasteiger partial charge in [-0.3, -0.25) is 10.1 Å². The molecule has 1 amide bonds. The molecule has 108 valence electrons. The highest BCUT2D eigenvalue weighted by atomic mass is 32.1. The highest BCUT2D eigenvalue weighted by molar-refractivity contribution is 7.13. The molecule has 4 nitrogen and oxygen atoms in total. The third kappa shape index (κ3) is 3.76. The van der Waals surface area contributed by atoms with Gasteiger partial charge in [-0.2, -0.15) is 17.6 Å². The number of ether oxygens (including phenoxy) is 1. The molecule has 1 N–H and O–H groups in total. The molecule has 1 rings (SSSR count). The van der Waals surface area contributed by atoms with Crippen LogP contribution in [0, 0.1) is 0 Å². The molecule has 0 radical (unpaired) electrons. The third-order valence-electron chi connectivity index (χ3n) is 1.55. The summed E-state index contributed by atoms with van der Waals surface area (Å²) in [6, 6.07) is 0. The molecule has 0 unspecified atom stereocenters. The van der Waals surface area contributed by atoms with E-state index in [-0.39, 0.29) is 0 Å². The fourth-order valence-corrected chi connectivity index (χ4v) is 1.33. The van der Waals surface area contributed by atoms with Crippen LogP contribution in [-0.4, -0.2) is 29.3 Å². The van der Waals surface area contributed by atoms with E-state index in [4.69, 9.17) is 0 Å². The molecule has 0 aliphatic heterocycles. The summed E-state index contributed by atoms with van der Waals surface area (Å²) in [5.41, 5.74) is 0. The molecule has 0 aromatic carbocycles. The molecular weight excluding hydrogens is 309 g/mol. The number of hydrogen-bond donors (Lipinski definition) is 1. The van der Waals surface area contributed by atoms with Crippen LogP contribution >= 0.6 is 11.3 Å². The lowest BCUT2D eigenvalue weighted by Crippen LogP contribution is -2.53. The molecule has 1 aromatic heterocycles.